The molecule has 0 radical (unpaired) electrons. The summed E-state index contributed by atoms with van der Waals surface area (Å²) in [4.78, 5) is 0. The van der Waals surface area contributed by atoms with Gasteiger partial charge in [0.05, 0.1) is 6.61 Å². The highest BCUT2D eigenvalue weighted by Crippen LogP contribution is 2.44. The molecule has 1 aliphatic rings. The Morgan fingerprint density at radius 3 is 2.65 bits per heavy atom. The number of aliphatic hydroxyl groups excluding tert-OH is 1. The van der Waals surface area contributed by atoms with E-state index >= 15 is 0 Å². The Morgan fingerprint density at radius 2 is 2.05 bits per heavy atom. The van der Waals surface area contributed by atoms with Gasteiger partial charge in [-0.25, -0.2) is 0 Å². The maximum absolute atomic E-state index is 12.7. The van der Waals surface area contributed by atoms with E-state index in [0.717, 1.165) is 12.8 Å². The SMILES string of the molecule is OCC1(CNc2ccc3nnc(C(F)(F)F)n3n2)CC1. The van der Waals surface area contributed by atoms with Crippen LogP contribution in [-0.4, -0.2) is 38.1 Å². The van der Waals surface area contributed by atoms with Crippen LogP contribution in [0.25, 0.3) is 5.65 Å². The predicted octanol–water partition coefficient (Wildman–Crippen LogP) is 1.33. The van der Waals surface area contributed by atoms with Gasteiger partial charge >= 0.3 is 6.18 Å². The van der Waals surface area contributed by atoms with Gasteiger partial charge in [-0.15, -0.1) is 15.3 Å². The molecule has 2 aromatic rings. The fourth-order valence-electron chi connectivity index (χ4n) is 1.91. The average molecular weight is 287 g/mol. The lowest BCUT2D eigenvalue weighted by Gasteiger charge is -2.13. The standard InChI is InChI=1S/C11H12F3N5O/c12-11(13,14)9-17-16-8-2-1-7(18-19(8)9)15-5-10(6-20)3-4-10/h1-2,20H,3-6H2,(H,15,18). The Balaban J connectivity index is 1.86. The van der Waals surface area contributed by atoms with Crippen molar-refractivity contribution in [2.75, 3.05) is 18.5 Å². The van der Waals surface area contributed by atoms with Crippen molar-refractivity contribution in [2.45, 2.75) is 19.0 Å². The van der Waals surface area contributed by atoms with Crippen LogP contribution < -0.4 is 5.32 Å². The van der Waals surface area contributed by atoms with E-state index in [1.165, 1.54) is 12.1 Å². The van der Waals surface area contributed by atoms with E-state index in [1.807, 2.05) is 0 Å². The van der Waals surface area contributed by atoms with Crippen LogP contribution in [0.3, 0.4) is 0 Å². The molecule has 1 saturated carbocycles. The minimum absolute atomic E-state index is 0.0335. The maximum Gasteiger partial charge on any atom is 0.453 e. The molecule has 0 bridgehead atoms. The van der Waals surface area contributed by atoms with Crippen LogP contribution >= 0.6 is 0 Å². The van der Waals surface area contributed by atoms with E-state index in [-0.39, 0.29) is 17.7 Å². The van der Waals surface area contributed by atoms with Gasteiger partial charge in [-0.2, -0.15) is 17.7 Å². The summed E-state index contributed by atoms with van der Waals surface area (Å²) in [5.74, 6) is -0.859. The molecule has 0 spiro atoms. The third kappa shape index (κ3) is 2.28. The number of halogens is 3. The van der Waals surface area contributed by atoms with Crippen LogP contribution in [0.5, 0.6) is 0 Å². The van der Waals surface area contributed by atoms with Crippen LogP contribution in [0.2, 0.25) is 0 Å². The normalized spacial score (nSPS) is 17.4. The van der Waals surface area contributed by atoms with Gasteiger partial charge in [-0.3, -0.25) is 0 Å². The van der Waals surface area contributed by atoms with Crippen LogP contribution in [-0.2, 0) is 6.18 Å². The summed E-state index contributed by atoms with van der Waals surface area (Å²) < 4.78 is 38.8. The van der Waals surface area contributed by atoms with E-state index in [1.54, 1.807) is 0 Å². The van der Waals surface area contributed by atoms with Gasteiger partial charge in [0.25, 0.3) is 5.82 Å². The number of fused-ring (bicyclic) bond motifs is 1. The van der Waals surface area contributed by atoms with Crippen molar-refractivity contribution in [1.29, 1.82) is 0 Å². The van der Waals surface area contributed by atoms with Gasteiger partial charge in [0.2, 0.25) is 0 Å². The molecule has 20 heavy (non-hydrogen) atoms. The zero-order valence-electron chi connectivity index (χ0n) is 10.4. The molecule has 1 aliphatic carbocycles. The maximum atomic E-state index is 12.7. The Bertz CT molecular complexity index is 635. The summed E-state index contributed by atoms with van der Waals surface area (Å²) >= 11 is 0. The minimum atomic E-state index is -4.60. The number of nitrogens with zero attached hydrogens (tertiary/aromatic N) is 4. The highest BCUT2D eigenvalue weighted by Gasteiger charge is 2.42. The van der Waals surface area contributed by atoms with Crippen molar-refractivity contribution < 1.29 is 18.3 Å². The van der Waals surface area contributed by atoms with Gasteiger partial charge in [0, 0.05) is 12.0 Å². The molecule has 0 aliphatic heterocycles. The quantitative estimate of drug-likeness (QED) is 0.887. The first-order chi connectivity index (χ1) is 9.43. The molecule has 3 rings (SSSR count). The zero-order chi connectivity index (χ0) is 14.4. The first-order valence-corrected chi connectivity index (χ1v) is 6.08. The Morgan fingerprint density at radius 1 is 1.30 bits per heavy atom. The van der Waals surface area contributed by atoms with Crippen LogP contribution in [0, 0.1) is 5.41 Å². The zero-order valence-corrected chi connectivity index (χ0v) is 10.4. The minimum Gasteiger partial charge on any atom is -0.396 e. The number of hydrogen-bond acceptors (Lipinski definition) is 5. The lowest BCUT2D eigenvalue weighted by Crippen LogP contribution is -2.20. The molecule has 6 nitrogen and oxygen atoms in total. The average Bonchev–Trinajstić information content (AvgIpc) is 3.05. The molecule has 2 aromatic heterocycles. The third-order valence-corrected chi connectivity index (χ3v) is 3.45. The fourth-order valence-corrected chi connectivity index (χ4v) is 1.91. The second-order valence-electron chi connectivity index (χ2n) is 5.02. The highest BCUT2D eigenvalue weighted by molar-refractivity contribution is 5.44. The molecule has 108 valence electrons. The van der Waals surface area contributed by atoms with E-state index < -0.39 is 12.0 Å². The third-order valence-electron chi connectivity index (χ3n) is 3.45. The van der Waals surface area contributed by atoms with Gasteiger partial charge in [-0.1, -0.05) is 0 Å². The molecule has 0 atom stereocenters. The summed E-state index contributed by atoms with van der Waals surface area (Å²) in [6, 6.07) is 2.95. The summed E-state index contributed by atoms with van der Waals surface area (Å²) in [6.45, 7) is 0.536. The molecule has 0 amide bonds. The van der Waals surface area contributed by atoms with Crippen molar-refractivity contribution in [1.82, 2.24) is 19.8 Å². The molecule has 2 heterocycles. The number of nitrogens with one attached hydrogen (secondary N) is 1. The summed E-state index contributed by atoms with van der Waals surface area (Å²) in [6.07, 6.45) is -2.80. The summed E-state index contributed by atoms with van der Waals surface area (Å²) in [5, 5.41) is 22.5. The second-order valence-corrected chi connectivity index (χ2v) is 5.02. The van der Waals surface area contributed by atoms with Crippen molar-refractivity contribution in [2.24, 2.45) is 5.41 Å². The van der Waals surface area contributed by atoms with E-state index in [9.17, 15) is 18.3 Å². The van der Waals surface area contributed by atoms with Crippen LogP contribution in [0.4, 0.5) is 19.0 Å². The largest absolute Gasteiger partial charge is 0.453 e. The molecule has 1 fully saturated rings. The molecule has 0 saturated heterocycles. The number of aromatic nitrogens is 4. The van der Waals surface area contributed by atoms with Crippen molar-refractivity contribution in [3.8, 4) is 0 Å². The van der Waals surface area contributed by atoms with Gasteiger partial charge in [0.1, 0.15) is 5.82 Å². The Kier molecular flexibility index (Phi) is 2.82. The smallest absolute Gasteiger partial charge is 0.396 e. The lowest BCUT2D eigenvalue weighted by molar-refractivity contribution is -0.146. The molecular weight excluding hydrogens is 275 g/mol. The monoisotopic (exact) mass is 287 g/mol. The Labute approximate surface area is 111 Å². The summed E-state index contributed by atoms with van der Waals surface area (Å²) in [7, 11) is 0. The van der Waals surface area contributed by atoms with Crippen LogP contribution in [0.1, 0.15) is 18.7 Å². The number of alkyl halides is 3. The fraction of sp³-hybridized carbons (Fsp3) is 0.545. The topological polar surface area (TPSA) is 75.3 Å². The van der Waals surface area contributed by atoms with Gasteiger partial charge in [0.15, 0.2) is 5.65 Å². The Hall–Kier alpha value is -1.90. The predicted molar refractivity (Wildman–Crippen MR) is 63.0 cm³/mol. The highest BCUT2D eigenvalue weighted by atomic mass is 19.4. The van der Waals surface area contributed by atoms with E-state index in [2.05, 4.69) is 20.6 Å². The molecular formula is C11H12F3N5O. The van der Waals surface area contributed by atoms with Crippen molar-refractivity contribution in [3.63, 3.8) is 0 Å². The first kappa shape index (κ1) is 13.1. The number of anilines is 1. The number of aliphatic hydroxyl groups is 1. The van der Waals surface area contributed by atoms with Crippen LogP contribution in [0.15, 0.2) is 12.1 Å². The summed E-state index contributed by atoms with van der Waals surface area (Å²) in [5.41, 5.74) is -0.123. The molecule has 0 aromatic carbocycles. The van der Waals surface area contributed by atoms with Crippen molar-refractivity contribution >= 4 is 11.5 Å². The lowest BCUT2D eigenvalue weighted by atomic mass is 10.1. The van der Waals surface area contributed by atoms with E-state index in [0.29, 0.717) is 16.9 Å². The molecule has 9 heteroatoms. The van der Waals surface area contributed by atoms with Gasteiger partial charge in [-0.05, 0) is 25.0 Å². The molecule has 2 N–H and O–H groups in total. The van der Waals surface area contributed by atoms with Crippen molar-refractivity contribution in [3.05, 3.63) is 18.0 Å². The second kappa shape index (κ2) is 4.30. The first-order valence-electron chi connectivity index (χ1n) is 6.08. The van der Waals surface area contributed by atoms with E-state index in [4.69, 9.17) is 0 Å². The molecule has 0 unspecified atom stereocenters. The number of hydrogen-bond donors (Lipinski definition) is 2. The number of rotatable bonds is 4. The van der Waals surface area contributed by atoms with Gasteiger partial charge < -0.3 is 10.4 Å².